The summed E-state index contributed by atoms with van der Waals surface area (Å²) in [5, 5.41) is 5.69. The van der Waals surface area contributed by atoms with Gasteiger partial charge in [0, 0.05) is 37.7 Å². The summed E-state index contributed by atoms with van der Waals surface area (Å²) in [5.41, 5.74) is 9.89. The van der Waals surface area contributed by atoms with Crippen molar-refractivity contribution in [1.82, 2.24) is 15.5 Å². The van der Waals surface area contributed by atoms with E-state index in [0.717, 1.165) is 16.7 Å². The zero-order chi connectivity index (χ0) is 20.4. The largest absolute Gasteiger partial charge is 0.323 e. The summed E-state index contributed by atoms with van der Waals surface area (Å²) in [5.74, 6) is -0.822. The van der Waals surface area contributed by atoms with Gasteiger partial charge in [-0.25, -0.2) is 0 Å². The van der Waals surface area contributed by atoms with Crippen molar-refractivity contribution in [2.75, 3.05) is 6.54 Å². The third kappa shape index (κ3) is 4.06. The van der Waals surface area contributed by atoms with Gasteiger partial charge in [0.2, 0.25) is 11.8 Å². The number of hydrogen-bond donors (Lipinski definition) is 3. The molecule has 0 radical (unpaired) electrons. The molecule has 2 unspecified atom stereocenters. The first kappa shape index (κ1) is 19.3. The molecule has 7 heteroatoms. The second kappa shape index (κ2) is 8.14. The van der Waals surface area contributed by atoms with E-state index >= 15 is 0 Å². The summed E-state index contributed by atoms with van der Waals surface area (Å²) in [6.45, 7) is 1.67. The minimum atomic E-state index is -0.585. The highest BCUT2D eigenvalue weighted by molar-refractivity contribution is 6.05. The molecule has 4 N–H and O–H groups in total. The van der Waals surface area contributed by atoms with Crippen LogP contribution in [0.5, 0.6) is 0 Å². The van der Waals surface area contributed by atoms with Gasteiger partial charge in [-0.15, -0.1) is 0 Å². The average molecular weight is 392 g/mol. The number of hydrogen-bond acceptors (Lipinski definition) is 5. The molecule has 0 bridgehead atoms. The molecule has 2 atom stereocenters. The lowest BCUT2D eigenvalue weighted by atomic mass is 10.0. The van der Waals surface area contributed by atoms with Crippen LogP contribution in [0.1, 0.15) is 45.9 Å². The molecule has 0 saturated carbocycles. The van der Waals surface area contributed by atoms with Crippen LogP contribution in [0.25, 0.3) is 0 Å². The minimum absolute atomic E-state index is 0.0878. The van der Waals surface area contributed by atoms with Gasteiger partial charge in [-0.3, -0.25) is 19.7 Å². The third-order valence-electron chi connectivity index (χ3n) is 5.51. The summed E-state index contributed by atoms with van der Waals surface area (Å²) in [6.07, 6.45) is 0.629. The number of nitrogens with two attached hydrogens (primary N) is 1. The summed E-state index contributed by atoms with van der Waals surface area (Å²) in [6, 6.07) is 15.0. The van der Waals surface area contributed by atoms with Crippen LogP contribution in [0.4, 0.5) is 0 Å². The Morgan fingerprint density at radius 1 is 1.14 bits per heavy atom. The number of benzene rings is 2. The van der Waals surface area contributed by atoms with Gasteiger partial charge in [0.1, 0.15) is 6.04 Å². The van der Waals surface area contributed by atoms with Crippen LogP contribution in [0.2, 0.25) is 0 Å². The number of carbonyl (C=O) groups excluding carboxylic acids is 3. The molecule has 1 saturated heterocycles. The van der Waals surface area contributed by atoms with Gasteiger partial charge in [-0.05, 0) is 29.2 Å². The predicted molar refractivity (Wildman–Crippen MR) is 108 cm³/mol. The molecule has 2 heterocycles. The maximum absolute atomic E-state index is 12.7. The highest BCUT2D eigenvalue weighted by Gasteiger charge is 2.38. The second-order valence-electron chi connectivity index (χ2n) is 7.54. The molecule has 2 aromatic rings. The Kier molecular flexibility index (Phi) is 5.42. The summed E-state index contributed by atoms with van der Waals surface area (Å²) >= 11 is 0. The van der Waals surface area contributed by atoms with Gasteiger partial charge < -0.3 is 16.0 Å². The smallest absolute Gasteiger partial charge is 0.255 e. The number of nitrogens with zero attached hydrogens (tertiary/aromatic N) is 1. The average Bonchev–Trinajstić information content (AvgIpc) is 3.04. The Labute approximate surface area is 169 Å². The Morgan fingerprint density at radius 2 is 1.93 bits per heavy atom. The number of piperidine rings is 1. The van der Waals surface area contributed by atoms with Crippen LogP contribution in [0.15, 0.2) is 48.5 Å². The molecule has 0 spiro atoms. The zero-order valence-corrected chi connectivity index (χ0v) is 16.1. The first-order valence-electron chi connectivity index (χ1n) is 9.80. The maximum Gasteiger partial charge on any atom is 0.255 e. The van der Waals surface area contributed by atoms with Crippen molar-refractivity contribution < 1.29 is 14.4 Å². The SMILES string of the molecule is NC(CNCc1ccc2c(c1)CN(C1CCC(=O)NC1=O)C2=O)c1ccccc1. The van der Waals surface area contributed by atoms with Gasteiger partial charge in [0.25, 0.3) is 5.91 Å². The lowest BCUT2D eigenvalue weighted by Gasteiger charge is -2.29. The van der Waals surface area contributed by atoms with E-state index in [1.54, 1.807) is 4.90 Å². The van der Waals surface area contributed by atoms with Crippen LogP contribution in [-0.4, -0.2) is 35.2 Å². The molecule has 29 heavy (non-hydrogen) atoms. The standard InChI is InChI=1S/C22H24N4O3/c23-18(15-4-2-1-3-5-15)12-24-11-14-6-7-17-16(10-14)13-26(22(17)29)19-8-9-20(27)25-21(19)28/h1-7,10,18-19,24H,8-9,11-13,23H2,(H,25,27,28). The summed E-state index contributed by atoms with van der Waals surface area (Å²) in [4.78, 5) is 37.8. The molecule has 0 aliphatic carbocycles. The quantitative estimate of drug-likeness (QED) is 0.642. The number of carbonyl (C=O) groups is 3. The molecular formula is C22H24N4O3. The lowest BCUT2D eigenvalue weighted by molar-refractivity contribution is -0.136. The molecule has 1 fully saturated rings. The highest BCUT2D eigenvalue weighted by atomic mass is 16.2. The van der Waals surface area contributed by atoms with Gasteiger partial charge >= 0.3 is 0 Å². The number of amides is 3. The van der Waals surface area contributed by atoms with E-state index in [1.165, 1.54) is 0 Å². The van der Waals surface area contributed by atoms with Gasteiger partial charge in [-0.1, -0.05) is 42.5 Å². The molecule has 4 rings (SSSR count). The lowest BCUT2D eigenvalue weighted by Crippen LogP contribution is -2.52. The predicted octanol–water partition coefficient (Wildman–Crippen LogP) is 1.24. The second-order valence-corrected chi connectivity index (χ2v) is 7.54. The van der Waals surface area contributed by atoms with Crippen LogP contribution < -0.4 is 16.4 Å². The van der Waals surface area contributed by atoms with E-state index in [1.807, 2.05) is 48.5 Å². The van der Waals surface area contributed by atoms with Crippen molar-refractivity contribution in [2.45, 2.75) is 38.0 Å². The van der Waals surface area contributed by atoms with E-state index in [9.17, 15) is 14.4 Å². The van der Waals surface area contributed by atoms with E-state index in [-0.39, 0.29) is 30.2 Å². The van der Waals surface area contributed by atoms with Crippen molar-refractivity contribution in [3.63, 3.8) is 0 Å². The summed E-state index contributed by atoms with van der Waals surface area (Å²) < 4.78 is 0. The Bertz CT molecular complexity index is 944. The topological polar surface area (TPSA) is 105 Å². The van der Waals surface area contributed by atoms with Crippen LogP contribution >= 0.6 is 0 Å². The van der Waals surface area contributed by atoms with Gasteiger partial charge in [0.15, 0.2) is 0 Å². The van der Waals surface area contributed by atoms with Crippen LogP contribution in [0.3, 0.4) is 0 Å². The number of nitrogens with one attached hydrogen (secondary N) is 2. The van der Waals surface area contributed by atoms with Crippen molar-refractivity contribution in [1.29, 1.82) is 0 Å². The fourth-order valence-corrected chi connectivity index (χ4v) is 3.93. The summed E-state index contributed by atoms with van der Waals surface area (Å²) in [7, 11) is 0. The number of imide groups is 1. The fraction of sp³-hybridized carbons (Fsp3) is 0.318. The molecule has 2 aliphatic heterocycles. The first-order valence-corrected chi connectivity index (χ1v) is 9.80. The van der Waals surface area contributed by atoms with Crippen molar-refractivity contribution in [3.05, 3.63) is 70.8 Å². The van der Waals surface area contributed by atoms with E-state index in [0.29, 0.717) is 31.6 Å². The Morgan fingerprint density at radius 3 is 2.69 bits per heavy atom. The molecule has 2 aromatic carbocycles. The molecular weight excluding hydrogens is 368 g/mol. The van der Waals surface area contributed by atoms with Crippen molar-refractivity contribution in [3.8, 4) is 0 Å². The van der Waals surface area contributed by atoms with Crippen LogP contribution in [-0.2, 0) is 22.7 Å². The first-order chi connectivity index (χ1) is 14.0. The van der Waals surface area contributed by atoms with Crippen molar-refractivity contribution >= 4 is 17.7 Å². The minimum Gasteiger partial charge on any atom is -0.323 e. The zero-order valence-electron chi connectivity index (χ0n) is 16.1. The van der Waals surface area contributed by atoms with E-state index in [2.05, 4.69) is 10.6 Å². The fourth-order valence-electron chi connectivity index (χ4n) is 3.93. The number of fused-ring (bicyclic) bond motifs is 1. The molecule has 150 valence electrons. The van der Waals surface area contributed by atoms with E-state index in [4.69, 9.17) is 5.73 Å². The van der Waals surface area contributed by atoms with Gasteiger partial charge in [0.05, 0.1) is 0 Å². The van der Waals surface area contributed by atoms with Crippen LogP contribution in [0, 0.1) is 0 Å². The number of rotatable bonds is 6. The maximum atomic E-state index is 12.7. The Balaban J connectivity index is 1.37. The normalized spacial score (nSPS) is 19.8. The van der Waals surface area contributed by atoms with Crippen molar-refractivity contribution in [2.24, 2.45) is 5.73 Å². The van der Waals surface area contributed by atoms with E-state index < -0.39 is 6.04 Å². The monoisotopic (exact) mass is 392 g/mol. The third-order valence-corrected chi connectivity index (χ3v) is 5.51. The molecule has 7 nitrogen and oxygen atoms in total. The molecule has 3 amide bonds. The van der Waals surface area contributed by atoms with Gasteiger partial charge in [-0.2, -0.15) is 0 Å². The Hall–Kier alpha value is -3.03. The molecule has 2 aliphatic rings. The molecule has 0 aromatic heterocycles. The highest BCUT2D eigenvalue weighted by Crippen LogP contribution is 2.28.